The van der Waals surface area contributed by atoms with Crippen molar-refractivity contribution in [1.29, 1.82) is 0 Å². The summed E-state index contributed by atoms with van der Waals surface area (Å²) >= 11 is 0. The van der Waals surface area contributed by atoms with Crippen molar-refractivity contribution >= 4 is 11.6 Å². The van der Waals surface area contributed by atoms with Crippen molar-refractivity contribution in [3.8, 4) is 0 Å². The van der Waals surface area contributed by atoms with Gasteiger partial charge in [-0.25, -0.2) is 0 Å². The highest BCUT2D eigenvalue weighted by molar-refractivity contribution is 5.92. The van der Waals surface area contributed by atoms with Gasteiger partial charge in [0.1, 0.15) is 0 Å². The van der Waals surface area contributed by atoms with Gasteiger partial charge in [0.05, 0.1) is 6.54 Å². The molecule has 0 atom stereocenters. The Bertz CT molecular complexity index is 512. The van der Waals surface area contributed by atoms with E-state index in [0.717, 1.165) is 38.4 Å². The standard InChI is InChI=1S/C17H29N5/c1-14-5-6-16(13-15(14)2)20-17(18)19-7-10-22-9-4-8-21(3)11-12-22/h5-6,13H,4,7-12H2,1-3H3,(H3,18,19,20). The Labute approximate surface area is 134 Å². The molecule has 0 unspecified atom stereocenters. The summed E-state index contributed by atoms with van der Waals surface area (Å²) in [4.78, 5) is 9.30. The Balaban J connectivity index is 1.78. The first-order chi connectivity index (χ1) is 10.5. The maximum absolute atomic E-state index is 5.97. The highest BCUT2D eigenvalue weighted by atomic mass is 15.2. The lowest BCUT2D eigenvalue weighted by Crippen LogP contribution is -2.32. The number of benzene rings is 1. The van der Waals surface area contributed by atoms with Crippen LogP contribution in [-0.2, 0) is 0 Å². The highest BCUT2D eigenvalue weighted by Gasteiger charge is 2.11. The van der Waals surface area contributed by atoms with E-state index < -0.39 is 0 Å². The zero-order valence-corrected chi connectivity index (χ0v) is 14.1. The normalized spacial score (nSPS) is 18.2. The van der Waals surface area contributed by atoms with Crippen molar-refractivity contribution in [2.24, 2.45) is 10.7 Å². The molecule has 22 heavy (non-hydrogen) atoms. The van der Waals surface area contributed by atoms with E-state index in [0.29, 0.717) is 5.96 Å². The van der Waals surface area contributed by atoms with Crippen LogP contribution in [0.15, 0.2) is 23.2 Å². The molecule has 1 saturated heterocycles. The molecular formula is C17H29N5. The molecule has 0 aliphatic carbocycles. The minimum Gasteiger partial charge on any atom is -0.370 e. The number of nitrogens with one attached hydrogen (secondary N) is 1. The van der Waals surface area contributed by atoms with Gasteiger partial charge < -0.3 is 20.9 Å². The fourth-order valence-electron chi connectivity index (χ4n) is 2.64. The van der Waals surface area contributed by atoms with Crippen molar-refractivity contribution in [1.82, 2.24) is 9.80 Å². The summed E-state index contributed by atoms with van der Waals surface area (Å²) in [5.74, 6) is 0.496. The van der Waals surface area contributed by atoms with Crippen molar-refractivity contribution in [3.63, 3.8) is 0 Å². The highest BCUT2D eigenvalue weighted by Crippen LogP contribution is 2.13. The molecule has 0 amide bonds. The summed E-state index contributed by atoms with van der Waals surface area (Å²) in [5.41, 5.74) is 9.52. The first-order valence-electron chi connectivity index (χ1n) is 8.09. The van der Waals surface area contributed by atoms with Crippen LogP contribution in [-0.4, -0.2) is 62.1 Å². The molecule has 0 saturated carbocycles. The second-order valence-electron chi connectivity index (χ2n) is 6.19. The van der Waals surface area contributed by atoms with E-state index in [1.807, 2.05) is 6.07 Å². The number of anilines is 1. The molecule has 122 valence electrons. The van der Waals surface area contributed by atoms with Crippen molar-refractivity contribution < 1.29 is 0 Å². The molecule has 1 aliphatic heterocycles. The van der Waals surface area contributed by atoms with Crippen LogP contribution in [0.4, 0.5) is 5.69 Å². The van der Waals surface area contributed by atoms with Gasteiger partial charge in [0.15, 0.2) is 5.96 Å². The van der Waals surface area contributed by atoms with E-state index in [4.69, 9.17) is 5.73 Å². The first-order valence-corrected chi connectivity index (χ1v) is 8.09. The molecule has 5 nitrogen and oxygen atoms in total. The summed E-state index contributed by atoms with van der Waals surface area (Å²) in [5, 5.41) is 3.17. The SMILES string of the molecule is Cc1ccc(NC(N)=NCCN2CCCN(C)CC2)cc1C. The fourth-order valence-corrected chi connectivity index (χ4v) is 2.64. The van der Waals surface area contributed by atoms with Crippen LogP contribution in [0.1, 0.15) is 17.5 Å². The van der Waals surface area contributed by atoms with Crippen LogP contribution in [0.2, 0.25) is 0 Å². The van der Waals surface area contributed by atoms with Crippen LogP contribution in [0.5, 0.6) is 0 Å². The average molecular weight is 303 g/mol. The van der Waals surface area contributed by atoms with E-state index in [2.05, 4.69) is 53.1 Å². The number of nitrogens with zero attached hydrogens (tertiary/aromatic N) is 3. The zero-order valence-electron chi connectivity index (χ0n) is 14.1. The van der Waals surface area contributed by atoms with Gasteiger partial charge in [-0.2, -0.15) is 0 Å². The number of aliphatic imine (C=N–C) groups is 1. The van der Waals surface area contributed by atoms with E-state index in [9.17, 15) is 0 Å². The van der Waals surface area contributed by atoms with Crippen LogP contribution in [0, 0.1) is 13.8 Å². The van der Waals surface area contributed by atoms with Crippen molar-refractivity contribution in [2.75, 3.05) is 51.6 Å². The van der Waals surface area contributed by atoms with Crippen LogP contribution >= 0.6 is 0 Å². The zero-order chi connectivity index (χ0) is 15.9. The molecule has 1 aromatic carbocycles. The third-order valence-electron chi connectivity index (χ3n) is 4.29. The third-order valence-corrected chi connectivity index (χ3v) is 4.29. The molecule has 0 bridgehead atoms. The fraction of sp³-hybridized carbons (Fsp3) is 0.588. The Morgan fingerprint density at radius 1 is 1.18 bits per heavy atom. The summed E-state index contributed by atoms with van der Waals surface area (Å²) in [6, 6.07) is 6.23. The van der Waals surface area contributed by atoms with Gasteiger partial charge >= 0.3 is 0 Å². The van der Waals surface area contributed by atoms with Gasteiger partial charge in [0.2, 0.25) is 0 Å². The predicted octanol–water partition coefficient (Wildman–Crippen LogP) is 1.67. The minimum absolute atomic E-state index is 0.496. The largest absolute Gasteiger partial charge is 0.370 e. The van der Waals surface area contributed by atoms with Crippen molar-refractivity contribution in [2.45, 2.75) is 20.3 Å². The van der Waals surface area contributed by atoms with Crippen LogP contribution in [0.25, 0.3) is 0 Å². The number of hydrogen-bond acceptors (Lipinski definition) is 3. The summed E-state index contributed by atoms with van der Waals surface area (Å²) in [6.07, 6.45) is 1.23. The molecule has 0 aromatic heterocycles. The Hall–Kier alpha value is -1.59. The first kappa shape index (κ1) is 16.8. The van der Waals surface area contributed by atoms with Gasteiger partial charge in [0, 0.05) is 25.3 Å². The van der Waals surface area contributed by atoms with Crippen molar-refractivity contribution in [3.05, 3.63) is 29.3 Å². The molecular weight excluding hydrogens is 274 g/mol. The number of likely N-dealkylation sites (N-methyl/N-ethyl adjacent to an activating group) is 1. The maximum atomic E-state index is 5.97. The Morgan fingerprint density at radius 2 is 2.00 bits per heavy atom. The number of guanidine groups is 1. The lowest BCUT2D eigenvalue weighted by molar-refractivity contribution is 0.283. The number of hydrogen-bond donors (Lipinski definition) is 2. The number of nitrogens with two attached hydrogens (primary N) is 1. The topological polar surface area (TPSA) is 56.9 Å². The molecule has 1 heterocycles. The minimum atomic E-state index is 0.496. The Kier molecular flexibility index (Phi) is 6.21. The number of rotatable bonds is 4. The van der Waals surface area contributed by atoms with E-state index >= 15 is 0 Å². The Morgan fingerprint density at radius 3 is 2.77 bits per heavy atom. The smallest absolute Gasteiger partial charge is 0.193 e. The average Bonchev–Trinajstić information content (AvgIpc) is 2.68. The second kappa shape index (κ2) is 8.15. The van der Waals surface area contributed by atoms with Crippen LogP contribution in [0.3, 0.4) is 0 Å². The predicted molar refractivity (Wildman–Crippen MR) is 94.6 cm³/mol. The molecule has 3 N–H and O–H groups in total. The lowest BCUT2D eigenvalue weighted by Gasteiger charge is -2.18. The molecule has 0 radical (unpaired) electrons. The quantitative estimate of drug-likeness (QED) is 0.656. The van der Waals surface area contributed by atoms with Gasteiger partial charge in [0.25, 0.3) is 0 Å². The maximum Gasteiger partial charge on any atom is 0.193 e. The van der Waals surface area contributed by atoms with Gasteiger partial charge in [-0.15, -0.1) is 0 Å². The summed E-state index contributed by atoms with van der Waals surface area (Å²) < 4.78 is 0. The van der Waals surface area contributed by atoms with E-state index in [-0.39, 0.29) is 0 Å². The van der Waals surface area contributed by atoms with E-state index in [1.165, 1.54) is 24.1 Å². The summed E-state index contributed by atoms with van der Waals surface area (Å²) in [6.45, 7) is 10.5. The van der Waals surface area contributed by atoms with Gasteiger partial charge in [-0.05, 0) is 63.7 Å². The molecule has 2 rings (SSSR count). The summed E-state index contributed by atoms with van der Waals surface area (Å²) in [7, 11) is 2.19. The molecule has 1 aliphatic rings. The van der Waals surface area contributed by atoms with E-state index in [1.54, 1.807) is 0 Å². The lowest BCUT2D eigenvalue weighted by atomic mass is 10.1. The monoisotopic (exact) mass is 303 g/mol. The second-order valence-corrected chi connectivity index (χ2v) is 6.19. The molecule has 0 spiro atoms. The number of aryl methyl sites for hydroxylation is 2. The van der Waals surface area contributed by atoms with Gasteiger partial charge in [-0.1, -0.05) is 6.07 Å². The molecule has 1 fully saturated rings. The van der Waals surface area contributed by atoms with Crippen LogP contribution < -0.4 is 11.1 Å². The molecule has 1 aromatic rings. The van der Waals surface area contributed by atoms with Gasteiger partial charge in [-0.3, -0.25) is 4.99 Å². The third kappa shape index (κ3) is 5.31. The molecule has 5 heteroatoms.